The first kappa shape index (κ1) is 17.3. The van der Waals surface area contributed by atoms with E-state index in [1.54, 1.807) is 0 Å². The molecule has 0 unspecified atom stereocenters. The van der Waals surface area contributed by atoms with Gasteiger partial charge in [-0.05, 0) is 37.5 Å². The Morgan fingerprint density at radius 3 is 2.80 bits per heavy atom. The Hall–Kier alpha value is -2.50. The smallest absolute Gasteiger partial charge is 0.231 e. The third kappa shape index (κ3) is 3.95. The average molecular weight is 343 g/mol. The van der Waals surface area contributed by atoms with Gasteiger partial charge in [-0.15, -0.1) is 0 Å². The van der Waals surface area contributed by atoms with E-state index in [1.165, 1.54) is 0 Å². The van der Waals surface area contributed by atoms with E-state index in [-0.39, 0.29) is 12.7 Å². The van der Waals surface area contributed by atoms with Gasteiger partial charge in [-0.1, -0.05) is 19.9 Å². The number of aromatic nitrogens is 2. The van der Waals surface area contributed by atoms with Crippen LogP contribution in [-0.4, -0.2) is 22.5 Å². The molecule has 134 valence electrons. The molecule has 0 atom stereocenters. The highest BCUT2D eigenvalue weighted by Gasteiger charge is 2.16. The molecule has 1 amide bonds. The van der Waals surface area contributed by atoms with E-state index >= 15 is 0 Å². The minimum atomic E-state index is -0.00652. The van der Waals surface area contributed by atoms with Crippen LogP contribution in [0.5, 0.6) is 11.5 Å². The van der Waals surface area contributed by atoms with Crippen LogP contribution in [0.3, 0.4) is 0 Å². The first-order valence-corrected chi connectivity index (χ1v) is 8.62. The highest BCUT2D eigenvalue weighted by molar-refractivity contribution is 5.79. The van der Waals surface area contributed by atoms with Crippen molar-refractivity contribution in [2.75, 3.05) is 6.79 Å². The molecule has 1 aromatic carbocycles. The number of hydrogen-bond acceptors (Lipinski definition) is 4. The third-order valence-electron chi connectivity index (χ3n) is 4.33. The standard InChI is InChI=1S/C19H25N3O3/c1-12(2)10-22-14(4)16(13(3)21-22)8-19(23)20-9-15-5-6-17-18(7-15)25-11-24-17/h5-7,12H,8-11H2,1-4H3,(H,20,23). The Morgan fingerprint density at radius 1 is 1.28 bits per heavy atom. The molecule has 1 aliphatic rings. The fourth-order valence-electron chi connectivity index (χ4n) is 2.99. The lowest BCUT2D eigenvalue weighted by Gasteiger charge is -2.09. The molecular formula is C19H25N3O3. The van der Waals surface area contributed by atoms with Crippen LogP contribution in [0.25, 0.3) is 0 Å². The van der Waals surface area contributed by atoms with Gasteiger partial charge in [0.2, 0.25) is 12.7 Å². The van der Waals surface area contributed by atoms with Crippen LogP contribution in [-0.2, 0) is 24.3 Å². The van der Waals surface area contributed by atoms with E-state index in [0.717, 1.165) is 40.6 Å². The van der Waals surface area contributed by atoms with Gasteiger partial charge in [0, 0.05) is 24.3 Å². The third-order valence-corrected chi connectivity index (χ3v) is 4.33. The van der Waals surface area contributed by atoms with Crippen molar-refractivity contribution in [1.29, 1.82) is 0 Å². The molecule has 0 spiro atoms. The average Bonchev–Trinajstić information content (AvgIpc) is 3.12. The van der Waals surface area contributed by atoms with Crippen LogP contribution in [0.15, 0.2) is 18.2 Å². The molecular weight excluding hydrogens is 318 g/mol. The first-order valence-electron chi connectivity index (χ1n) is 8.62. The van der Waals surface area contributed by atoms with Crippen LogP contribution in [0.1, 0.15) is 36.4 Å². The highest BCUT2D eigenvalue weighted by atomic mass is 16.7. The van der Waals surface area contributed by atoms with Gasteiger partial charge in [0.15, 0.2) is 11.5 Å². The summed E-state index contributed by atoms with van der Waals surface area (Å²) in [4.78, 5) is 12.4. The SMILES string of the molecule is Cc1nn(CC(C)C)c(C)c1CC(=O)NCc1ccc2c(c1)OCO2. The second-order valence-electron chi connectivity index (χ2n) is 6.87. The number of ether oxygens (including phenoxy) is 2. The molecule has 0 bridgehead atoms. The minimum Gasteiger partial charge on any atom is -0.454 e. The molecule has 0 aliphatic carbocycles. The van der Waals surface area contributed by atoms with Crippen molar-refractivity contribution in [2.45, 2.75) is 47.2 Å². The molecule has 0 saturated heterocycles. The number of nitrogens with one attached hydrogen (secondary N) is 1. The second kappa shape index (κ2) is 7.17. The Balaban J connectivity index is 1.60. The van der Waals surface area contributed by atoms with E-state index in [1.807, 2.05) is 36.7 Å². The van der Waals surface area contributed by atoms with Crippen LogP contribution in [0.2, 0.25) is 0 Å². The summed E-state index contributed by atoms with van der Waals surface area (Å²) in [5, 5.41) is 7.54. The summed E-state index contributed by atoms with van der Waals surface area (Å²) in [6, 6.07) is 5.71. The molecule has 1 aliphatic heterocycles. The van der Waals surface area contributed by atoms with Crippen molar-refractivity contribution >= 4 is 5.91 Å². The Kier molecular flexibility index (Phi) is 4.97. The van der Waals surface area contributed by atoms with Crippen LogP contribution >= 0.6 is 0 Å². The zero-order chi connectivity index (χ0) is 18.0. The fraction of sp³-hybridized carbons (Fsp3) is 0.474. The van der Waals surface area contributed by atoms with Gasteiger partial charge >= 0.3 is 0 Å². The van der Waals surface area contributed by atoms with Crippen molar-refractivity contribution in [3.63, 3.8) is 0 Å². The maximum absolute atomic E-state index is 12.4. The summed E-state index contributed by atoms with van der Waals surface area (Å²) in [5.74, 6) is 1.99. The molecule has 6 heteroatoms. The van der Waals surface area contributed by atoms with Gasteiger partial charge < -0.3 is 14.8 Å². The number of amides is 1. The molecule has 0 fully saturated rings. The molecule has 25 heavy (non-hydrogen) atoms. The molecule has 3 rings (SSSR count). The summed E-state index contributed by atoms with van der Waals surface area (Å²) in [6.45, 7) is 9.90. The molecule has 1 N–H and O–H groups in total. The number of fused-ring (bicyclic) bond motifs is 1. The fourth-order valence-corrected chi connectivity index (χ4v) is 2.99. The van der Waals surface area contributed by atoms with Crippen molar-refractivity contribution < 1.29 is 14.3 Å². The largest absolute Gasteiger partial charge is 0.454 e. The summed E-state index contributed by atoms with van der Waals surface area (Å²) in [6.07, 6.45) is 0.348. The second-order valence-corrected chi connectivity index (χ2v) is 6.87. The summed E-state index contributed by atoms with van der Waals surface area (Å²) < 4.78 is 12.7. The summed E-state index contributed by atoms with van der Waals surface area (Å²) in [5.41, 5.74) is 4.01. The van der Waals surface area contributed by atoms with Gasteiger partial charge in [-0.3, -0.25) is 9.48 Å². The zero-order valence-electron chi connectivity index (χ0n) is 15.3. The van der Waals surface area contributed by atoms with E-state index in [4.69, 9.17) is 9.47 Å². The van der Waals surface area contributed by atoms with Crippen molar-refractivity contribution in [2.24, 2.45) is 5.92 Å². The van der Waals surface area contributed by atoms with Gasteiger partial charge in [-0.2, -0.15) is 5.10 Å². The minimum absolute atomic E-state index is 0.00652. The lowest BCUT2D eigenvalue weighted by atomic mass is 10.1. The highest BCUT2D eigenvalue weighted by Crippen LogP contribution is 2.32. The number of hydrogen-bond donors (Lipinski definition) is 1. The van der Waals surface area contributed by atoms with Gasteiger partial charge in [0.25, 0.3) is 0 Å². The summed E-state index contributed by atoms with van der Waals surface area (Å²) in [7, 11) is 0. The van der Waals surface area contributed by atoms with Crippen LogP contribution in [0.4, 0.5) is 0 Å². The quantitative estimate of drug-likeness (QED) is 0.876. The van der Waals surface area contributed by atoms with Crippen LogP contribution < -0.4 is 14.8 Å². The van der Waals surface area contributed by atoms with Crippen molar-refractivity contribution in [3.8, 4) is 11.5 Å². The molecule has 2 heterocycles. The molecule has 0 radical (unpaired) electrons. The van der Waals surface area contributed by atoms with Gasteiger partial charge in [0.05, 0.1) is 12.1 Å². The predicted octanol–water partition coefficient (Wildman–Crippen LogP) is 2.74. The number of rotatable bonds is 6. The molecule has 0 saturated carbocycles. The van der Waals surface area contributed by atoms with E-state index in [9.17, 15) is 4.79 Å². The summed E-state index contributed by atoms with van der Waals surface area (Å²) >= 11 is 0. The van der Waals surface area contributed by atoms with Crippen molar-refractivity contribution in [3.05, 3.63) is 40.7 Å². The molecule has 1 aromatic heterocycles. The monoisotopic (exact) mass is 343 g/mol. The van der Waals surface area contributed by atoms with Gasteiger partial charge in [-0.25, -0.2) is 0 Å². The molecule has 2 aromatic rings. The Bertz CT molecular complexity index is 780. The number of benzene rings is 1. The zero-order valence-corrected chi connectivity index (χ0v) is 15.3. The lowest BCUT2D eigenvalue weighted by molar-refractivity contribution is -0.120. The predicted molar refractivity (Wildman–Crippen MR) is 94.7 cm³/mol. The van der Waals surface area contributed by atoms with Gasteiger partial charge in [0.1, 0.15) is 0 Å². The normalized spacial score (nSPS) is 12.7. The number of nitrogens with zero attached hydrogens (tertiary/aromatic N) is 2. The number of carbonyl (C=O) groups is 1. The topological polar surface area (TPSA) is 65.4 Å². The number of carbonyl (C=O) groups excluding carboxylic acids is 1. The number of aryl methyl sites for hydroxylation is 1. The maximum atomic E-state index is 12.4. The van der Waals surface area contributed by atoms with E-state index in [2.05, 4.69) is 24.3 Å². The Labute approximate surface area is 148 Å². The van der Waals surface area contributed by atoms with E-state index < -0.39 is 0 Å². The van der Waals surface area contributed by atoms with Crippen molar-refractivity contribution in [1.82, 2.24) is 15.1 Å². The van der Waals surface area contributed by atoms with Crippen LogP contribution in [0, 0.1) is 19.8 Å². The first-order chi connectivity index (χ1) is 11.9. The van der Waals surface area contributed by atoms with E-state index in [0.29, 0.717) is 18.9 Å². The molecule has 6 nitrogen and oxygen atoms in total. The Morgan fingerprint density at radius 2 is 2.04 bits per heavy atom. The maximum Gasteiger partial charge on any atom is 0.231 e. The lowest BCUT2D eigenvalue weighted by Crippen LogP contribution is -2.25.